The highest BCUT2D eigenvalue weighted by Gasteiger charge is 1.92. The van der Waals surface area contributed by atoms with E-state index in [-0.39, 0.29) is 0 Å². The lowest BCUT2D eigenvalue weighted by atomic mass is 10.3. The van der Waals surface area contributed by atoms with Crippen LogP contribution in [0.2, 0.25) is 0 Å². The maximum Gasteiger partial charge on any atom is 0.137 e. The van der Waals surface area contributed by atoms with E-state index in [1.807, 2.05) is 42.5 Å². The molecule has 80 valence electrons. The zero-order chi connectivity index (χ0) is 11.2. The Kier molecular flexibility index (Phi) is 3.56. The van der Waals surface area contributed by atoms with Crippen LogP contribution in [0.25, 0.3) is 0 Å². The molecule has 2 rings (SSSR count). The Bertz CT molecular complexity index is 468. The first-order chi connectivity index (χ1) is 7.88. The molecule has 0 heterocycles. The highest BCUT2D eigenvalue weighted by atomic mass is 32.1. The molecule has 0 saturated heterocycles. The van der Waals surface area contributed by atoms with Crippen molar-refractivity contribution in [3.05, 3.63) is 54.6 Å². The second-order valence-corrected chi connectivity index (χ2v) is 3.30. The monoisotopic (exact) mass is 230 g/mol. The van der Waals surface area contributed by atoms with Crippen LogP contribution < -0.4 is 4.18 Å². The summed E-state index contributed by atoms with van der Waals surface area (Å²) in [5.74, 6) is 0.682. The third-order valence-corrected chi connectivity index (χ3v) is 2.19. The van der Waals surface area contributed by atoms with E-state index in [1.54, 1.807) is 12.1 Å². The maximum atomic E-state index is 4.75. The molecule has 0 N–H and O–H groups in total. The van der Waals surface area contributed by atoms with Crippen LogP contribution in [-0.2, 0) is 0 Å². The van der Waals surface area contributed by atoms with Crippen LogP contribution in [0, 0.1) is 0 Å². The first-order valence-corrected chi connectivity index (χ1v) is 5.13. The maximum absolute atomic E-state index is 4.75. The Morgan fingerprint density at radius 3 is 1.88 bits per heavy atom. The summed E-state index contributed by atoms with van der Waals surface area (Å²) in [6, 6.07) is 16.8. The molecule has 0 radical (unpaired) electrons. The summed E-state index contributed by atoms with van der Waals surface area (Å²) in [4.78, 5) is 0. The van der Waals surface area contributed by atoms with Crippen molar-refractivity contribution in [1.82, 2.24) is 0 Å². The number of rotatable bonds is 3. The molecule has 0 aliphatic rings. The van der Waals surface area contributed by atoms with E-state index >= 15 is 0 Å². The number of hydrogen-bond acceptors (Lipinski definition) is 4. The summed E-state index contributed by atoms with van der Waals surface area (Å²) in [7, 11) is 0. The Hall–Kier alpha value is -1.81. The van der Waals surface area contributed by atoms with Crippen molar-refractivity contribution in [1.29, 1.82) is 0 Å². The summed E-state index contributed by atoms with van der Waals surface area (Å²) in [5, 5.41) is 8.19. The van der Waals surface area contributed by atoms with E-state index in [2.05, 4.69) is 23.1 Å². The standard InChI is InChI=1S/C12H10N2OS/c16-15-12-8-6-11(7-9-12)14-13-10-4-2-1-3-5-10/h1-9,16H. The lowest BCUT2D eigenvalue weighted by Crippen LogP contribution is -1.72. The molecule has 2 aromatic rings. The first-order valence-electron chi connectivity index (χ1n) is 4.77. The van der Waals surface area contributed by atoms with E-state index < -0.39 is 0 Å². The second-order valence-electron chi connectivity index (χ2n) is 3.12. The van der Waals surface area contributed by atoms with Crippen molar-refractivity contribution in [2.24, 2.45) is 10.2 Å². The van der Waals surface area contributed by atoms with Gasteiger partial charge < -0.3 is 4.18 Å². The van der Waals surface area contributed by atoms with Gasteiger partial charge in [-0.1, -0.05) is 18.2 Å². The van der Waals surface area contributed by atoms with Crippen molar-refractivity contribution >= 4 is 24.3 Å². The van der Waals surface area contributed by atoms with E-state index in [9.17, 15) is 0 Å². The van der Waals surface area contributed by atoms with Crippen LogP contribution >= 0.6 is 12.9 Å². The van der Waals surface area contributed by atoms with Gasteiger partial charge in [-0.15, -0.1) is 0 Å². The summed E-state index contributed by atoms with van der Waals surface area (Å²) < 4.78 is 4.75. The molecule has 0 aliphatic carbocycles. The van der Waals surface area contributed by atoms with Gasteiger partial charge in [-0.2, -0.15) is 10.2 Å². The van der Waals surface area contributed by atoms with Gasteiger partial charge in [0.2, 0.25) is 0 Å². The quantitative estimate of drug-likeness (QED) is 0.475. The predicted octanol–water partition coefficient (Wildman–Crippen LogP) is 4.33. The highest BCUT2D eigenvalue weighted by molar-refractivity contribution is 7.75. The van der Waals surface area contributed by atoms with Crippen molar-refractivity contribution in [3.8, 4) is 5.75 Å². The topological polar surface area (TPSA) is 34.0 Å². The number of hydrogen-bond donors (Lipinski definition) is 1. The molecule has 0 fully saturated rings. The van der Waals surface area contributed by atoms with Crippen molar-refractivity contribution in [2.45, 2.75) is 0 Å². The molecule has 3 nitrogen and oxygen atoms in total. The predicted molar refractivity (Wildman–Crippen MR) is 66.7 cm³/mol. The molecule has 0 aliphatic heterocycles. The van der Waals surface area contributed by atoms with E-state index in [0.717, 1.165) is 11.4 Å². The largest absolute Gasteiger partial charge is 0.429 e. The molecule has 2 aromatic carbocycles. The van der Waals surface area contributed by atoms with Gasteiger partial charge in [-0.25, -0.2) is 0 Å². The minimum atomic E-state index is 0.682. The van der Waals surface area contributed by atoms with Gasteiger partial charge in [-0.3, -0.25) is 0 Å². The lowest BCUT2D eigenvalue weighted by Gasteiger charge is -1.96. The summed E-state index contributed by atoms with van der Waals surface area (Å²) >= 11 is 3.70. The zero-order valence-electron chi connectivity index (χ0n) is 8.45. The Labute approximate surface area is 99.4 Å². The van der Waals surface area contributed by atoms with Gasteiger partial charge in [0.05, 0.1) is 11.4 Å². The smallest absolute Gasteiger partial charge is 0.137 e. The molecule has 0 saturated carbocycles. The van der Waals surface area contributed by atoms with E-state index in [0.29, 0.717) is 5.75 Å². The average Bonchev–Trinajstić information content (AvgIpc) is 2.38. The van der Waals surface area contributed by atoms with Gasteiger partial charge in [0.15, 0.2) is 0 Å². The Balaban J connectivity index is 2.12. The highest BCUT2D eigenvalue weighted by Crippen LogP contribution is 2.21. The number of benzene rings is 2. The average molecular weight is 230 g/mol. The third kappa shape index (κ3) is 2.84. The van der Waals surface area contributed by atoms with Crippen LogP contribution in [0.1, 0.15) is 0 Å². The molecule has 0 spiro atoms. The second kappa shape index (κ2) is 5.32. The lowest BCUT2D eigenvalue weighted by molar-refractivity contribution is 0.659. The number of thiol groups is 1. The fourth-order valence-electron chi connectivity index (χ4n) is 1.18. The molecular formula is C12H10N2OS. The minimum absolute atomic E-state index is 0.682. The molecule has 0 aromatic heterocycles. The fourth-order valence-corrected chi connectivity index (χ4v) is 1.31. The summed E-state index contributed by atoms with van der Waals surface area (Å²) in [6.07, 6.45) is 0. The third-order valence-electron chi connectivity index (χ3n) is 1.98. The van der Waals surface area contributed by atoms with Crippen LogP contribution in [0.5, 0.6) is 5.75 Å². The summed E-state index contributed by atoms with van der Waals surface area (Å²) in [6.45, 7) is 0. The fraction of sp³-hybridized carbons (Fsp3) is 0. The number of azo groups is 1. The van der Waals surface area contributed by atoms with Crippen LogP contribution in [0.4, 0.5) is 11.4 Å². The zero-order valence-corrected chi connectivity index (χ0v) is 9.34. The molecule has 0 amide bonds. The molecule has 0 unspecified atom stereocenters. The number of nitrogens with zero attached hydrogens (tertiary/aromatic N) is 2. The molecule has 4 heteroatoms. The van der Waals surface area contributed by atoms with E-state index in [4.69, 9.17) is 4.18 Å². The van der Waals surface area contributed by atoms with Crippen LogP contribution in [-0.4, -0.2) is 0 Å². The SMILES string of the molecule is SOc1ccc(N=Nc2ccccc2)cc1. The first kappa shape index (κ1) is 10.7. The van der Waals surface area contributed by atoms with Gasteiger partial charge in [0, 0.05) is 12.9 Å². The Morgan fingerprint density at radius 2 is 1.31 bits per heavy atom. The van der Waals surface area contributed by atoms with Gasteiger partial charge in [0.25, 0.3) is 0 Å². The van der Waals surface area contributed by atoms with Crippen molar-refractivity contribution in [2.75, 3.05) is 0 Å². The molecule has 16 heavy (non-hydrogen) atoms. The Morgan fingerprint density at radius 1 is 0.750 bits per heavy atom. The van der Waals surface area contributed by atoms with Crippen LogP contribution in [0.3, 0.4) is 0 Å². The van der Waals surface area contributed by atoms with Crippen molar-refractivity contribution < 1.29 is 4.18 Å². The normalized spacial score (nSPS) is 10.6. The summed E-state index contributed by atoms with van der Waals surface area (Å²) in [5.41, 5.74) is 1.61. The molecular weight excluding hydrogens is 220 g/mol. The molecule has 0 bridgehead atoms. The molecule has 0 atom stereocenters. The van der Waals surface area contributed by atoms with Gasteiger partial charge in [0.1, 0.15) is 5.75 Å². The van der Waals surface area contributed by atoms with Gasteiger partial charge in [-0.05, 0) is 36.4 Å². The van der Waals surface area contributed by atoms with Gasteiger partial charge >= 0.3 is 0 Å². The minimum Gasteiger partial charge on any atom is -0.429 e. The van der Waals surface area contributed by atoms with Crippen molar-refractivity contribution in [3.63, 3.8) is 0 Å². The van der Waals surface area contributed by atoms with Crippen LogP contribution in [0.15, 0.2) is 64.8 Å². The van der Waals surface area contributed by atoms with E-state index in [1.165, 1.54) is 0 Å².